The number of nitrogens with one attached hydrogen (secondary N) is 1. The van der Waals surface area contributed by atoms with Crippen LogP contribution < -0.4 is 5.32 Å². The number of carbonyl (C=O) groups is 2. The fraction of sp³-hybridized carbons (Fsp3) is 0.211. The van der Waals surface area contributed by atoms with Gasteiger partial charge in [0.1, 0.15) is 11.3 Å². The van der Waals surface area contributed by atoms with Crippen LogP contribution in [-0.2, 0) is 4.74 Å². The smallest absolute Gasteiger partial charge is 0.338 e. The van der Waals surface area contributed by atoms with E-state index in [-0.39, 0.29) is 12.0 Å². The van der Waals surface area contributed by atoms with Gasteiger partial charge < -0.3 is 10.1 Å². The first kappa shape index (κ1) is 17.9. The Morgan fingerprint density at radius 1 is 1.23 bits per heavy atom. The monoisotopic (exact) mass is 371 g/mol. The summed E-state index contributed by atoms with van der Waals surface area (Å²) in [5.74, 6) is -0.777. The van der Waals surface area contributed by atoms with Crippen molar-refractivity contribution in [1.82, 2.24) is 9.38 Å². The van der Waals surface area contributed by atoms with E-state index in [1.807, 2.05) is 0 Å². The third-order valence-electron chi connectivity index (χ3n) is 3.67. The van der Waals surface area contributed by atoms with Crippen LogP contribution in [-0.4, -0.2) is 27.4 Å². The van der Waals surface area contributed by atoms with E-state index in [9.17, 15) is 9.59 Å². The van der Waals surface area contributed by atoms with Crippen LogP contribution in [0.25, 0.3) is 5.65 Å². The minimum absolute atomic E-state index is 0.216. The van der Waals surface area contributed by atoms with Crippen LogP contribution in [0.1, 0.15) is 40.4 Å². The molecule has 0 atom stereocenters. The van der Waals surface area contributed by atoms with Gasteiger partial charge in [-0.25, -0.2) is 9.78 Å². The number of fused-ring (bicyclic) bond motifs is 1. The highest BCUT2D eigenvalue weighted by atomic mass is 35.5. The summed E-state index contributed by atoms with van der Waals surface area (Å²) >= 11 is 6.03. The summed E-state index contributed by atoms with van der Waals surface area (Å²) in [5, 5.41) is 3.30. The van der Waals surface area contributed by atoms with Gasteiger partial charge in [0.05, 0.1) is 22.4 Å². The Hall–Kier alpha value is -2.86. The van der Waals surface area contributed by atoms with Gasteiger partial charge in [-0.3, -0.25) is 9.20 Å². The topological polar surface area (TPSA) is 72.7 Å². The lowest BCUT2D eigenvalue weighted by molar-refractivity contribution is 0.0377. The van der Waals surface area contributed by atoms with Gasteiger partial charge in [0.25, 0.3) is 5.91 Å². The van der Waals surface area contributed by atoms with Crippen molar-refractivity contribution in [2.45, 2.75) is 26.9 Å². The minimum atomic E-state index is -0.436. The fourth-order valence-electron chi connectivity index (χ4n) is 2.61. The Kier molecular flexibility index (Phi) is 4.95. The largest absolute Gasteiger partial charge is 0.459 e. The van der Waals surface area contributed by atoms with Gasteiger partial charge in [-0.15, -0.1) is 0 Å². The first-order valence-electron chi connectivity index (χ1n) is 8.12. The number of carbonyl (C=O) groups excluding carboxylic acids is 2. The van der Waals surface area contributed by atoms with E-state index in [0.717, 1.165) is 0 Å². The first-order chi connectivity index (χ1) is 12.3. The number of pyridine rings is 1. The van der Waals surface area contributed by atoms with Gasteiger partial charge in [-0.2, -0.15) is 0 Å². The number of rotatable bonds is 4. The van der Waals surface area contributed by atoms with Gasteiger partial charge in [0.2, 0.25) is 0 Å². The second-order valence-corrected chi connectivity index (χ2v) is 6.55. The molecule has 1 amide bonds. The third kappa shape index (κ3) is 3.70. The summed E-state index contributed by atoms with van der Waals surface area (Å²) in [4.78, 5) is 29.1. The number of benzene rings is 1. The molecule has 0 aliphatic carbocycles. The Labute approximate surface area is 155 Å². The molecule has 1 aromatic carbocycles. The third-order valence-corrected chi connectivity index (χ3v) is 3.89. The highest BCUT2D eigenvalue weighted by Gasteiger charge is 2.18. The van der Waals surface area contributed by atoms with Crippen LogP contribution in [0.4, 0.5) is 5.69 Å². The van der Waals surface area contributed by atoms with Crippen LogP contribution in [0.15, 0.2) is 42.6 Å². The molecular formula is C19H18ClN3O3. The van der Waals surface area contributed by atoms with E-state index in [2.05, 4.69) is 10.3 Å². The van der Waals surface area contributed by atoms with Gasteiger partial charge >= 0.3 is 5.97 Å². The van der Waals surface area contributed by atoms with Crippen molar-refractivity contribution in [3.8, 4) is 0 Å². The molecule has 134 valence electrons. The van der Waals surface area contributed by atoms with Crippen LogP contribution in [0.5, 0.6) is 0 Å². The van der Waals surface area contributed by atoms with Crippen molar-refractivity contribution in [1.29, 1.82) is 0 Å². The molecule has 0 unspecified atom stereocenters. The number of hydrogen-bond acceptors (Lipinski definition) is 4. The zero-order chi connectivity index (χ0) is 18.8. The quantitative estimate of drug-likeness (QED) is 0.700. The lowest BCUT2D eigenvalue weighted by Crippen LogP contribution is -2.16. The molecule has 0 bridgehead atoms. The number of ether oxygens (including phenoxy) is 1. The van der Waals surface area contributed by atoms with Gasteiger partial charge in [-0.05, 0) is 51.1 Å². The number of halogens is 1. The molecule has 3 aromatic rings. The summed E-state index contributed by atoms with van der Waals surface area (Å²) in [6.45, 7) is 5.32. The maximum absolute atomic E-state index is 12.7. The molecule has 0 aliphatic heterocycles. The Bertz CT molecular complexity index is 995. The van der Waals surface area contributed by atoms with Crippen molar-refractivity contribution < 1.29 is 14.3 Å². The number of imidazole rings is 1. The summed E-state index contributed by atoms with van der Waals surface area (Å²) in [5.41, 5.74) is 2.46. The highest BCUT2D eigenvalue weighted by Crippen LogP contribution is 2.19. The standard InChI is InChI=1S/C19H18ClN3O3/c1-11(2)26-19(25)13-5-4-6-15(9-13)22-18(24)17-12(3)21-16-8-7-14(20)10-23(16)17/h4-11H,1-3H3,(H,22,24). The predicted octanol–water partition coefficient (Wildman–Crippen LogP) is 4.11. The van der Waals surface area contributed by atoms with Gasteiger partial charge in [-0.1, -0.05) is 17.7 Å². The van der Waals surface area contributed by atoms with Crippen molar-refractivity contribution in [3.05, 3.63) is 64.6 Å². The zero-order valence-corrected chi connectivity index (χ0v) is 15.4. The molecule has 0 fully saturated rings. The van der Waals surface area contributed by atoms with Crippen LogP contribution in [0.2, 0.25) is 5.02 Å². The van der Waals surface area contributed by atoms with Crippen molar-refractivity contribution >= 4 is 34.8 Å². The minimum Gasteiger partial charge on any atom is -0.459 e. The van der Waals surface area contributed by atoms with Crippen molar-refractivity contribution in [3.63, 3.8) is 0 Å². The average molecular weight is 372 g/mol. The maximum Gasteiger partial charge on any atom is 0.338 e. The fourth-order valence-corrected chi connectivity index (χ4v) is 2.77. The molecular weight excluding hydrogens is 354 g/mol. The molecule has 2 aromatic heterocycles. The van der Waals surface area contributed by atoms with Crippen LogP contribution in [0, 0.1) is 6.92 Å². The Morgan fingerprint density at radius 3 is 2.73 bits per heavy atom. The number of aryl methyl sites for hydroxylation is 1. The molecule has 0 radical (unpaired) electrons. The molecule has 0 aliphatic rings. The number of amides is 1. The van der Waals surface area contributed by atoms with Gasteiger partial charge in [0.15, 0.2) is 0 Å². The van der Waals surface area contributed by atoms with Crippen LogP contribution in [0.3, 0.4) is 0 Å². The lowest BCUT2D eigenvalue weighted by atomic mass is 10.2. The second-order valence-electron chi connectivity index (χ2n) is 6.11. The van der Waals surface area contributed by atoms with Crippen molar-refractivity contribution in [2.75, 3.05) is 5.32 Å². The van der Waals surface area contributed by atoms with Crippen molar-refractivity contribution in [2.24, 2.45) is 0 Å². The average Bonchev–Trinajstić information content (AvgIpc) is 2.89. The second kappa shape index (κ2) is 7.17. The van der Waals surface area contributed by atoms with E-state index in [4.69, 9.17) is 16.3 Å². The molecule has 1 N–H and O–H groups in total. The molecule has 6 nitrogen and oxygen atoms in total. The Morgan fingerprint density at radius 2 is 2.00 bits per heavy atom. The molecule has 0 saturated heterocycles. The number of aromatic nitrogens is 2. The first-order valence-corrected chi connectivity index (χ1v) is 8.49. The summed E-state index contributed by atoms with van der Waals surface area (Å²) in [6.07, 6.45) is 1.42. The normalized spacial score (nSPS) is 11.0. The maximum atomic E-state index is 12.7. The highest BCUT2D eigenvalue weighted by molar-refractivity contribution is 6.30. The summed E-state index contributed by atoms with van der Waals surface area (Å²) in [7, 11) is 0. The SMILES string of the molecule is Cc1nc2ccc(Cl)cn2c1C(=O)Nc1cccc(C(=O)OC(C)C)c1. The zero-order valence-electron chi connectivity index (χ0n) is 14.6. The predicted molar refractivity (Wildman–Crippen MR) is 99.9 cm³/mol. The number of hydrogen-bond donors (Lipinski definition) is 1. The van der Waals surface area contributed by atoms with E-state index in [1.54, 1.807) is 67.8 Å². The van der Waals surface area contributed by atoms with Gasteiger partial charge in [0, 0.05) is 11.9 Å². The number of esters is 1. The molecule has 3 rings (SSSR count). The number of anilines is 1. The Balaban J connectivity index is 1.88. The molecule has 2 heterocycles. The molecule has 0 spiro atoms. The van der Waals surface area contributed by atoms with E-state index < -0.39 is 5.97 Å². The van der Waals surface area contributed by atoms with E-state index in [0.29, 0.717) is 33.3 Å². The summed E-state index contributed by atoms with van der Waals surface area (Å²) in [6, 6.07) is 10.1. The lowest BCUT2D eigenvalue weighted by Gasteiger charge is -2.10. The van der Waals surface area contributed by atoms with Crippen LogP contribution >= 0.6 is 11.6 Å². The van der Waals surface area contributed by atoms with E-state index >= 15 is 0 Å². The summed E-state index contributed by atoms with van der Waals surface area (Å²) < 4.78 is 6.82. The van der Waals surface area contributed by atoms with E-state index in [1.165, 1.54) is 0 Å². The molecule has 7 heteroatoms. The molecule has 0 saturated carbocycles. The molecule has 26 heavy (non-hydrogen) atoms. The number of nitrogens with zero attached hydrogens (tertiary/aromatic N) is 2.